The van der Waals surface area contributed by atoms with Crippen LogP contribution in [0.5, 0.6) is 0 Å². The molecule has 0 aromatic heterocycles. The van der Waals surface area contributed by atoms with E-state index < -0.39 is 0 Å². The van der Waals surface area contributed by atoms with Gasteiger partial charge in [0.25, 0.3) is 0 Å². The summed E-state index contributed by atoms with van der Waals surface area (Å²) in [5.41, 5.74) is 0. The zero-order valence-corrected chi connectivity index (χ0v) is 12.1. The Bertz CT molecular complexity index is 292. The Labute approximate surface area is 115 Å². The third kappa shape index (κ3) is 4.44. The molecule has 0 amide bonds. The van der Waals surface area contributed by atoms with Crippen LogP contribution < -0.4 is 0 Å². The third-order valence-electron chi connectivity index (χ3n) is 4.23. The Hall–Kier alpha value is -0.650. The maximum atomic E-state index is 11.2. The summed E-state index contributed by atoms with van der Waals surface area (Å²) in [6.07, 6.45) is 1.70. The smallest absolute Gasteiger partial charge is 0.306 e. The molecule has 2 atom stereocenters. The van der Waals surface area contributed by atoms with E-state index in [0.29, 0.717) is 18.4 Å². The van der Waals surface area contributed by atoms with Crippen LogP contribution in [0, 0.1) is 5.92 Å². The number of ether oxygens (including phenoxy) is 2. The third-order valence-corrected chi connectivity index (χ3v) is 4.23. The first-order valence-corrected chi connectivity index (χ1v) is 7.30. The van der Waals surface area contributed by atoms with Gasteiger partial charge in [-0.1, -0.05) is 0 Å². The highest BCUT2D eigenvalue weighted by atomic mass is 16.5. The predicted molar refractivity (Wildman–Crippen MR) is 73.0 cm³/mol. The van der Waals surface area contributed by atoms with Crippen LogP contribution in [0.15, 0.2) is 0 Å². The minimum absolute atomic E-state index is 0.113. The quantitative estimate of drug-likeness (QED) is 0.684. The van der Waals surface area contributed by atoms with Gasteiger partial charge in [-0.15, -0.1) is 0 Å². The second-order valence-electron chi connectivity index (χ2n) is 5.70. The first-order valence-electron chi connectivity index (χ1n) is 7.30. The summed E-state index contributed by atoms with van der Waals surface area (Å²) in [5, 5.41) is 0. The normalized spacial score (nSPS) is 29.6. The molecule has 110 valence electrons. The highest BCUT2D eigenvalue weighted by molar-refractivity contribution is 5.69. The largest absolute Gasteiger partial charge is 0.469 e. The fourth-order valence-electron chi connectivity index (χ4n) is 2.96. The SMILES string of the molecule is COC(=O)CCN1CCN(C[C@H]2CCOC2)[C@@H](C)C1. The Morgan fingerprint density at radius 1 is 1.42 bits per heavy atom. The van der Waals surface area contributed by atoms with Gasteiger partial charge in [0.05, 0.1) is 20.1 Å². The van der Waals surface area contributed by atoms with Gasteiger partial charge in [-0.05, 0) is 19.3 Å². The fourth-order valence-corrected chi connectivity index (χ4v) is 2.96. The van der Waals surface area contributed by atoms with Crippen LogP contribution in [0.25, 0.3) is 0 Å². The minimum atomic E-state index is -0.113. The molecule has 0 N–H and O–H groups in total. The van der Waals surface area contributed by atoms with Gasteiger partial charge in [-0.3, -0.25) is 14.6 Å². The van der Waals surface area contributed by atoms with Crippen molar-refractivity contribution in [1.29, 1.82) is 0 Å². The van der Waals surface area contributed by atoms with Crippen molar-refractivity contribution in [2.75, 3.05) is 53.0 Å². The zero-order valence-electron chi connectivity index (χ0n) is 12.1. The molecule has 0 spiro atoms. The highest BCUT2D eigenvalue weighted by Gasteiger charge is 2.27. The van der Waals surface area contributed by atoms with Gasteiger partial charge >= 0.3 is 5.97 Å². The molecule has 2 rings (SSSR count). The predicted octanol–water partition coefficient (Wildman–Crippen LogP) is 0.592. The van der Waals surface area contributed by atoms with Gasteiger partial charge in [-0.25, -0.2) is 0 Å². The van der Waals surface area contributed by atoms with E-state index in [9.17, 15) is 4.79 Å². The van der Waals surface area contributed by atoms with Gasteiger partial charge in [0, 0.05) is 45.4 Å². The summed E-state index contributed by atoms with van der Waals surface area (Å²) >= 11 is 0. The first kappa shape index (κ1) is 14.8. The summed E-state index contributed by atoms with van der Waals surface area (Å²) in [4.78, 5) is 16.1. The average Bonchev–Trinajstić information content (AvgIpc) is 2.91. The summed E-state index contributed by atoms with van der Waals surface area (Å²) in [6.45, 7) is 9.30. The number of hydrogen-bond donors (Lipinski definition) is 0. The van der Waals surface area contributed by atoms with Gasteiger partial charge in [0.2, 0.25) is 0 Å². The fraction of sp³-hybridized carbons (Fsp3) is 0.929. The van der Waals surface area contributed by atoms with Crippen molar-refractivity contribution in [2.24, 2.45) is 5.92 Å². The molecular weight excluding hydrogens is 244 g/mol. The first-order chi connectivity index (χ1) is 9.19. The molecule has 19 heavy (non-hydrogen) atoms. The van der Waals surface area contributed by atoms with Crippen LogP contribution in [-0.2, 0) is 14.3 Å². The van der Waals surface area contributed by atoms with E-state index >= 15 is 0 Å². The van der Waals surface area contributed by atoms with E-state index in [-0.39, 0.29) is 5.97 Å². The molecular formula is C14H26N2O3. The maximum Gasteiger partial charge on any atom is 0.306 e. The number of carbonyl (C=O) groups is 1. The van der Waals surface area contributed by atoms with Crippen LogP contribution in [0.1, 0.15) is 19.8 Å². The molecule has 0 bridgehead atoms. The maximum absolute atomic E-state index is 11.2. The molecule has 0 radical (unpaired) electrons. The minimum Gasteiger partial charge on any atom is -0.469 e. The van der Waals surface area contributed by atoms with E-state index in [2.05, 4.69) is 21.5 Å². The molecule has 5 heteroatoms. The second-order valence-corrected chi connectivity index (χ2v) is 5.70. The lowest BCUT2D eigenvalue weighted by Crippen LogP contribution is -2.53. The van der Waals surface area contributed by atoms with Crippen molar-refractivity contribution in [3.05, 3.63) is 0 Å². The molecule has 2 fully saturated rings. The summed E-state index contributed by atoms with van der Waals surface area (Å²) in [7, 11) is 1.45. The van der Waals surface area contributed by atoms with Crippen molar-refractivity contribution in [1.82, 2.24) is 9.80 Å². The van der Waals surface area contributed by atoms with E-state index in [1.165, 1.54) is 13.5 Å². The van der Waals surface area contributed by atoms with Crippen LogP contribution in [-0.4, -0.2) is 74.9 Å². The number of piperazine rings is 1. The number of carbonyl (C=O) groups excluding carboxylic acids is 1. The van der Waals surface area contributed by atoms with Crippen molar-refractivity contribution in [3.8, 4) is 0 Å². The van der Waals surface area contributed by atoms with Gasteiger partial charge in [0.15, 0.2) is 0 Å². The lowest BCUT2D eigenvalue weighted by Gasteiger charge is -2.40. The standard InChI is InChI=1S/C14H26N2O3/c1-12-9-15(5-3-14(17)18-2)6-7-16(12)10-13-4-8-19-11-13/h12-13H,3-11H2,1-2H3/t12-,13+/m0/s1. The lowest BCUT2D eigenvalue weighted by molar-refractivity contribution is -0.141. The lowest BCUT2D eigenvalue weighted by atomic mass is 10.1. The Morgan fingerprint density at radius 3 is 2.89 bits per heavy atom. The summed E-state index contributed by atoms with van der Waals surface area (Å²) in [6, 6.07) is 0.562. The molecule has 5 nitrogen and oxygen atoms in total. The zero-order chi connectivity index (χ0) is 13.7. The van der Waals surface area contributed by atoms with Crippen LogP contribution in [0.2, 0.25) is 0 Å². The Kier molecular flexibility index (Phi) is 5.60. The van der Waals surface area contributed by atoms with Crippen LogP contribution >= 0.6 is 0 Å². The van der Waals surface area contributed by atoms with Gasteiger partial charge in [-0.2, -0.15) is 0 Å². The molecule has 2 heterocycles. The second kappa shape index (κ2) is 7.22. The van der Waals surface area contributed by atoms with E-state index in [0.717, 1.165) is 45.9 Å². The molecule has 2 aliphatic heterocycles. The van der Waals surface area contributed by atoms with Gasteiger partial charge in [0.1, 0.15) is 0 Å². The number of esters is 1. The van der Waals surface area contributed by atoms with Crippen molar-refractivity contribution < 1.29 is 14.3 Å². The number of rotatable bonds is 5. The van der Waals surface area contributed by atoms with E-state index in [1.54, 1.807) is 0 Å². The molecule has 0 saturated carbocycles. The molecule has 0 aromatic rings. The average molecular weight is 270 g/mol. The van der Waals surface area contributed by atoms with E-state index in [4.69, 9.17) is 4.74 Å². The number of hydrogen-bond acceptors (Lipinski definition) is 5. The number of methoxy groups -OCH3 is 1. The molecule has 2 saturated heterocycles. The topological polar surface area (TPSA) is 42.0 Å². The monoisotopic (exact) mass is 270 g/mol. The van der Waals surface area contributed by atoms with Crippen LogP contribution in [0.4, 0.5) is 0 Å². The molecule has 0 aromatic carbocycles. The molecule has 0 aliphatic carbocycles. The number of nitrogens with zero attached hydrogens (tertiary/aromatic N) is 2. The van der Waals surface area contributed by atoms with Crippen molar-refractivity contribution in [3.63, 3.8) is 0 Å². The summed E-state index contributed by atoms with van der Waals surface area (Å²) in [5.74, 6) is 0.599. The van der Waals surface area contributed by atoms with E-state index in [1.807, 2.05) is 0 Å². The highest BCUT2D eigenvalue weighted by Crippen LogP contribution is 2.18. The molecule has 2 aliphatic rings. The molecule has 0 unspecified atom stereocenters. The Balaban J connectivity index is 1.69. The van der Waals surface area contributed by atoms with Crippen molar-refractivity contribution in [2.45, 2.75) is 25.8 Å². The Morgan fingerprint density at radius 2 is 2.26 bits per heavy atom. The van der Waals surface area contributed by atoms with Crippen molar-refractivity contribution >= 4 is 5.97 Å². The van der Waals surface area contributed by atoms with Gasteiger partial charge < -0.3 is 9.47 Å². The van der Waals surface area contributed by atoms with Crippen LogP contribution in [0.3, 0.4) is 0 Å². The summed E-state index contributed by atoms with van der Waals surface area (Å²) < 4.78 is 10.1.